The molecule has 109 heavy (non-hydrogen) atoms. The molecule has 0 bridgehead atoms. The fourth-order valence-electron chi connectivity index (χ4n) is 13.8. The second kappa shape index (κ2) is 63.7. The van der Waals surface area contributed by atoms with E-state index < -0.39 is 24.5 Å². The number of ketones is 4. The highest BCUT2D eigenvalue weighted by atomic mass is 35.5. The molecule has 6 rings (SSSR count). The Balaban J connectivity index is 0.00000133. The van der Waals surface area contributed by atoms with Crippen molar-refractivity contribution in [3.05, 3.63) is 12.2 Å². The average molecular weight is 1590 g/mol. The van der Waals surface area contributed by atoms with Crippen LogP contribution in [0.15, 0.2) is 12.2 Å². The van der Waals surface area contributed by atoms with E-state index in [0.29, 0.717) is 101 Å². The van der Waals surface area contributed by atoms with Gasteiger partial charge in [0.15, 0.2) is 12.2 Å². The molecule has 0 aromatic carbocycles. The predicted molar refractivity (Wildman–Crippen MR) is 432 cm³/mol. The first-order chi connectivity index (χ1) is 51.9. The number of amides is 4. The highest BCUT2D eigenvalue weighted by Crippen LogP contribution is 2.26. The number of halogens is 2. The molecule has 27 nitrogen and oxygen atoms in total. The Morgan fingerprint density at radius 3 is 1.54 bits per heavy atom. The maximum atomic E-state index is 12.4. The fraction of sp³-hybridized carbons (Fsp3) is 0.850. The Bertz CT molecular complexity index is 2540. The highest BCUT2D eigenvalue weighted by molar-refractivity contribution is 6.18. The van der Waals surface area contributed by atoms with Crippen molar-refractivity contribution in [1.82, 2.24) is 35.6 Å². The molecule has 6 aliphatic rings. The number of nitrogens with one attached hydrogen (secondary N) is 3. The van der Waals surface area contributed by atoms with Gasteiger partial charge in [0, 0.05) is 160 Å². The number of hydrogen-bond donors (Lipinski definition) is 10. The van der Waals surface area contributed by atoms with Crippen molar-refractivity contribution in [3.8, 4) is 0 Å². The number of nitrogens with zero attached hydrogens (tertiary/aromatic N) is 6. The third-order valence-corrected chi connectivity index (χ3v) is 20.8. The Morgan fingerprint density at radius 1 is 0.606 bits per heavy atom. The zero-order valence-electron chi connectivity index (χ0n) is 68.5. The van der Waals surface area contributed by atoms with Gasteiger partial charge in [-0.1, -0.05) is 47.6 Å². The highest BCUT2D eigenvalue weighted by Gasteiger charge is 2.43. The molecule has 5 atom stereocenters. The average Bonchev–Trinajstić information content (AvgIpc) is 1.78. The van der Waals surface area contributed by atoms with Gasteiger partial charge in [-0.15, -0.1) is 23.2 Å². The van der Waals surface area contributed by atoms with Crippen LogP contribution in [0, 0.1) is 17.8 Å². The number of alkyl halides is 2. The summed E-state index contributed by atoms with van der Waals surface area (Å²) < 4.78 is 6.84. The van der Waals surface area contributed by atoms with E-state index in [-0.39, 0.29) is 70.6 Å². The van der Waals surface area contributed by atoms with E-state index in [4.69, 9.17) is 49.6 Å². The summed E-state index contributed by atoms with van der Waals surface area (Å²) in [6, 6.07) is 0. The number of hydrogen-bond acceptors (Lipinski definition) is 19. The number of aliphatic hydroxyl groups excluding tert-OH is 3. The molecule has 12 N–H and O–H groups in total. The summed E-state index contributed by atoms with van der Waals surface area (Å²) in [5.41, 5.74) is 10.0. The molecule has 6 saturated heterocycles. The maximum absolute atomic E-state index is 12.4. The Morgan fingerprint density at radius 2 is 1.10 bits per heavy atom. The number of aliphatic carboxylic acids is 2. The minimum absolute atomic E-state index is 0.0311. The molecule has 0 radical (unpaired) electrons. The standard InChI is InChI=1S/C23H39N3O4.C17H32NO3.C16H34ClN2O2.C12H22N2O2.C5H6O4.C4H13N3.C3H5ClO/c1-18-10-15-25(23(18)30)13-4-3-5-14-26-17-20(16-22(26)29)21(28)9-7-12-24-11-6-8-19(2)27;1-3-4-11-18(13-17(21)14-18)12-7-10-16(20)9-6-5-8-15(2)19;1-3-7-18(12-15(20)11-17)8-5-6-10-19(9-4-2)13-16(21)14-19;1-10-6-9-14(12(10)16)8-5-3-4-7-13-11(2)15;1-3(5(8)9)2-4(6)7;5-1-3-7-4-2-6;4-1-3-2-5-3/h18,20,24H,3-17H2,1-2H3;17,21H,3-14H2,1-2H3;15-16,20-21H,3-14H2,1-2H3;10H,3-9H2,1-2H3,(H,13,15);1-2H2,(H,6,7)(H,8,9);7H,1-6H2;3H,1-2H2/q;2*+1;;;;. The van der Waals surface area contributed by atoms with Crippen LogP contribution in [0.4, 0.5) is 0 Å². The summed E-state index contributed by atoms with van der Waals surface area (Å²) in [6.45, 7) is 40.3. The van der Waals surface area contributed by atoms with E-state index in [1.54, 1.807) is 13.8 Å². The van der Waals surface area contributed by atoms with Crippen molar-refractivity contribution >= 4 is 81.9 Å². The molecule has 6 fully saturated rings. The molecule has 0 aliphatic carbocycles. The number of aliphatic hydroxyl groups is 3. The number of Topliss-reactive ketones (excluding diaryl/α,β-unsaturated/α-hetero) is 4. The maximum Gasteiger partial charge on any atom is 0.331 e. The number of unbranched alkanes of at least 4 members (excludes halogenated alkanes) is 7. The Labute approximate surface area is 664 Å². The largest absolute Gasteiger partial charge is 0.481 e. The van der Waals surface area contributed by atoms with Crippen molar-refractivity contribution in [2.75, 3.05) is 175 Å². The number of carbonyl (C=O) groups excluding carboxylic acids is 8. The minimum Gasteiger partial charge on any atom is -0.481 e. The normalized spacial score (nSPS) is 21.7. The first-order valence-corrected chi connectivity index (χ1v) is 42.2. The summed E-state index contributed by atoms with van der Waals surface area (Å²) in [7, 11) is 0. The molecule has 5 unspecified atom stereocenters. The third kappa shape index (κ3) is 53.2. The molecule has 29 heteroatoms. The molecule has 0 saturated carbocycles. The van der Waals surface area contributed by atoms with Crippen LogP contribution in [0.2, 0.25) is 0 Å². The van der Waals surface area contributed by atoms with E-state index >= 15 is 0 Å². The second-order valence-corrected chi connectivity index (χ2v) is 31.4. The van der Waals surface area contributed by atoms with Gasteiger partial charge >= 0.3 is 11.9 Å². The van der Waals surface area contributed by atoms with Gasteiger partial charge in [-0.25, -0.2) is 4.79 Å². The number of rotatable bonds is 53. The van der Waals surface area contributed by atoms with E-state index in [1.165, 1.54) is 45.7 Å². The molecular weight excluding hydrogens is 1440 g/mol. The Kier molecular flexibility index (Phi) is 61.0. The molecular formula is C80H151Cl2N11O16+2. The minimum atomic E-state index is -1.27. The summed E-state index contributed by atoms with van der Waals surface area (Å²) in [4.78, 5) is 120. The summed E-state index contributed by atoms with van der Waals surface area (Å²) in [5.74, 6) is 0.421. The van der Waals surface area contributed by atoms with Crippen LogP contribution in [-0.4, -0.2) is 313 Å². The molecule has 6 aliphatic heterocycles. The van der Waals surface area contributed by atoms with Gasteiger partial charge in [-0.05, 0) is 149 Å². The SMILES string of the molecule is C=C(CC(=O)O)C(=O)O.CC(=O)CCCNCCCC(=O)C1CC(=O)N(CCCCCN2CCC(C)C2=O)C1.CC(=O)NCCCCCN1CCC(C)C1=O.CCCC[N+]1(CCCC(=O)CCCCC(C)=O)CC(O)C1.CCCN(CCCC[N+]1(CCC)CC(O)C1)CC(O)CCl.ClCC1CO1.NCCNCCN. The van der Waals surface area contributed by atoms with Gasteiger partial charge < -0.3 is 95.8 Å². The number of nitrogens with two attached hydrogens (primary N) is 2. The van der Waals surface area contributed by atoms with Gasteiger partial charge in [-0.3, -0.25) is 33.6 Å². The van der Waals surface area contributed by atoms with Crippen LogP contribution in [-0.2, 0) is 52.7 Å². The number of carboxylic acids is 2. The Hall–Kier alpha value is -4.62. The van der Waals surface area contributed by atoms with Gasteiger partial charge in [0.05, 0.1) is 57.3 Å². The monoisotopic (exact) mass is 1590 g/mol. The lowest BCUT2D eigenvalue weighted by atomic mass is 9.99. The van der Waals surface area contributed by atoms with Gasteiger partial charge in [0.25, 0.3) is 0 Å². The van der Waals surface area contributed by atoms with Crippen LogP contribution in [0.3, 0.4) is 0 Å². The zero-order valence-corrected chi connectivity index (χ0v) is 70.1. The zero-order chi connectivity index (χ0) is 82.0. The molecule has 634 valence electrons. The van der Waals surface area contributed by atoms with E-state index in [0.717, 1.165) is 223 Å². The van der Waals surface area contributed by atoms with Gasteiger partial charge in [0.2, 0.25) is 23.6 Å². The fourth-order valence-corrected chi connectivity index (χ4v) is 14.1. The lowest BCUT2D eigenvalue weighted by Gasteiger charge is -2.48. The van der Waals surface area contributed by atoms with Crippen LogP contribution >= 0.6 is 23.2 Å². The topological polar surface area (TPSA) is 385 Å². The van der Waals surface area contributed by atoms with Crippen molar-refractivity contribution in [3.63, 3.8) is 0 Å². The van der Waals surface area contributed by atoms with Gasteiger partial charge in [-0.2, -0.15) is 0 Å². The number of carboxylic acid groups (broad SMARTS) is 2. The van der Waals surface area contributed by atoms with Crippen LogP contribution in [0.1, 0.15) is 222 Å². The van der Waals surface area contributed by atoms with Crippen LogP contribution in [0.5, 0.6) is 0 Å². The molecule has 6 heterocycles. The molecule has 0 aromatic rings. The lowest BCUT2D eigenvalue weighted by molar-refractivity contribution is -0.972. The van der Waals surface area contributed by atoms with E-state index in [2.05, 4.69) is 48.2 Å². The van der Waals surface area contributed by atoms with Crippen molar-refractivity contribution in [2.45, 2.75) is 247 Å². The van der Waals surface area contributed by atoms with Crippen molar-refractivity contribution in [2.24, 2.45) is 29.2 Å². The number of carbonyl (C=O) groups is 10. The predicted octanol–water partition coefficient (Wildman–Crippen LogP) is 6.72. The van der Waals surface area contributed by atoms with Crippen LogP contribution < -0.4 is 27.4 Å². The second-order valence-electron chi connectivity index (χ2n) is 30.8. The number of epoxide rings is 1. The number of likely N-dealkylation sites (tertiary alicyclic amines) is 5. The molecule has 0 aromatic heterocycles. The quantitative estimate of drug-likeness (QED) is 0.00993. The van der Waals surface area contributed by atoms with Crippen molar-refractivity contribution < 1.29 is 87.2 Å². The number of ether oxygens (including phenoxy) is 1. The summed E-state index contributed by atoms with van der Waals surface area (Å²) in [5, 5.41) is 54.0. The molecule has 0 spiro atoms. The summed E-state index contributed by atoms with van der Waals surface area (Å²) >= 11 is 11.0. The molecule has 4 amide bonds. The van der Waals surface area contributed by atoms with Gasteiger partial charge in [0.1, 0.15) is 49.3 Å². The first kappa shape index (κ1) is 104. The number of quaternary nitrogens is 2. The van der Waals surface area contributed by atoms with Crippen molar-refractivity contribution in [1.29, 1.82) is 0 Å². The summed E-state index contributed by atoms with van der Waals surface area (Å²) in [6.07, 6.45) is 21.8. The lowest BCUT2D eigenvalue weighted by Crippen LogP contribution is -2.67. The smallest absolute Gasteiger partial charge is 0.331 e. The third-order valence-electron chi connectivity index (χ3n) is 20.1. The van der Waals surface area contributed by atoms with E-state index in [1.807, 2.05) is 28.5 Å². The van der Waals surface area contributed by atoms with Crippen LogP contribution in [0.25, 0.3) is 0 Å². The van der Waals surface area contributed by atoms with E-state index in [9.17, 15) is 63.3 Å². The first-order valence-electron chi connectivity index (χ1n) is 41.2.